The van der Waals surface area contributed by atoms with Crippen molar-refractivity contribution in [1.82, 2.24) is 4.90 Å². The summed E-state index contributed by atoms with van der Waals surface area (Å²) >= 11 is 12.5. The number of nitrogens with one attached hydrogen (secondary N) is 1. The topological polar surface area (TPSA) is 41.6 Å². The maximum Gasteiger partial charge on any atom is 0.235 e. The Bertz CT molecular complexity index is 1270. The lowest BCUT2D eigenvalue weighted by Crippen LogP contribution is -2.45. The molecule has 7 heteroatoms. The van der Waals surface area contributed by atoms with Gasteiger partial charge in [0.05, 0.1) is 10.4 Å². The van der Waals surface area contributed by atoms with Gasteiger partial charge in [0, 0.05) is 16.3 Å². The fraction of sp³-hybridized carbons (Fsp3) is 0.345. The zero-order chi connectivity index (χ0) is 26.2. The smallest absolute Gasteiger partial charge is 0.235 e. The Kier molecular flexibility index (Phi) is 7.65. The number of allylic oxidation sites excluding steroid dienone is 4. The summed E-state index contributed by atoms with van der Waals surface area (Å²) in [5.74, 6) is 0.137. The third-order valence-electron chi connectivity index (χ3n) is 7.18. The van der Waals surface area contributed by atoms with E-state index < -0.39 is 17.3 Å². The number of anilines is 1. The molecule has 4 nitrogen and oxygen atoms in total. The summed E-state index contributed by atoms with van der Waals surface area (Å²) in [6.07, 6.45) is 4.68. The van der Waals surface area contributed by atoms with Crippen LogP contribution < -0.4 is 5.32 Å². The number of nitrogens with zero attached hydrogens (tertiary/aromatic N) is 1. The van der Waals surface area contributed by atoms with Crippen LogP contribution in [0.1, 0.15) is 56.4 Å². The fourth-order valence-electron chi connectivity index (χ4n) is 4.97. The number of likely N-dealkylation sites (tertiary alicyclic amines) is 1. The van der Waals surface area contributed by atoms with E-state index in [1.165, 1.54) is 12.1 Å². The Labute approximate surface area is 222 Å². The summed E-state index contributed by atoms with van der Waals surface area (Å²) in [4.78, 5) is 15.3. The monoisotopic (exact) mass is 528 g/mol. The van der Waals surface area contributed by atoms with Crippen molar-refractivity contribution >= 4 is 40.4 Å². The SMILES string of the molecule is C=C/C(=C\C(O[C@H](C)c1c(Cl)ccc(F)c1Cl)=C(C)C)c1ccc2c(c1)NC(=O)C21CCN(C)CC1. The van der Waals surface area contributed by atoms with Crippen molar-refractivity contribution < 1.29 is 13.9 Å². The molecule has 1 spiro atoms. The number of hydrogen-bond acceptors (Lipinski definition) is 3. The van der Waals surface area contributed by atoms with Gasteiger partial charge in [-0.15, -0.1) is 0 Å². The Morgan fingerprint density at radius 1 is 1.22 bits per heavy atom. The van der Waals surface area contributed by atoms with E-state index in [2.05, 4.69) is 29.9 Å². The van der Waals surface area contributed by atoms with Crippen molar-refractivity contribution in [2.75, 3.05) is 25.5 Å². The summed E-state index contributed by atoms with van der Waals surface area (Å²) < 4.78 is 20.3. The number of ether oxygens (including phenoxy) is 1. The van der Waals surface area contributed by atoms with E-state index >= 15 is 0 Å². The number of fused-ring (bicyclic) bond motifs is 2. The third kappa shape index (κ3) is 4.84. The van der Waals surface area contributed by atoms with Crippen LogP contribution in [0, 0.1) is 5.82 Å². The summed E-state index contributed by atoms with van der Waals surface area (Å²) in [5, 5.41) is 3.40. The second-order valence-electron chi connectivity index (χ2n) is 9.78. The molecule has 1 fully saturated rings. The highest BCUT2D eigenvalue weighted by Gasteiger charge is 2.47. The minimum Gasteiger partial charge on any atom is -0.486 e. The van der Waals surface area contributed by atoms with E-state index in [0.717, 1.165) is 53.9 Å². The molecule has 0 aliphatic carbocycles. The first-order chi connectivity index (χ1) is 17.1. The van der Waals surface area contributed by atoms with Crippen LogP contribution in [0.15, 0.2) is 60.4 Å². The van der Waals surface area contributed by atoms with Gasteiger partial charge in [0.25, 0.3) is 0 Å². The molecule has 1 atom stereocenters. The van der Waals surface area contributed by atoms with E-state index in [1.54, 1.807) is 13.0 Å². The number of piperidine rings is 1. The number of rotatable bonds is 6. The lowest BCUT2D eigenvalue weighted by atomic mass is 9.73. The van der Waals surface area contributed by atoms with E-state index in [4.69, 9.17) is 27.9 Å². The van der Waals surface area contributed by atoms with Crippen molar-refractivity contribution in [3.05, 3.63) is 92.9 Å². The predicted octanol–water partition coefficient (Wildman–Crippen LogP) is 7.69. The second kappa shape index (κ2) is 10.4. The Morgan fingerprint density at radius 3 is 2.56 bits per heavy atom. The van der Waals surface area contributed by atoms with E-state index in [9.17, 15) is 9.18 Å². The van der Waals surface area contributed by atoms with Crippen LogP contribution in [0.5, 0.6) is 0 Å². The molecule has 4 rings (SSSR count). The van der Waals surface area contributed by atoms with Gasteiger partial charge in [-0.2, -0.15) is 0 Å². The average molecular weight is 529 g/mol. The third-order valence-corrected chi connectivity index (χ3v) is 7.89. The normalized spacial score (nSPS) is 18.0. The lowest BCUT2D eigenvalue weighted by molar-refractivity contribution is -0.122. The molecule has 2 heterocycles. The van der Waals surface area contributed by atoms with Crippen molar-refractivity contribution in [3.63, 3.8) is 0 Å². The molecule has 1 N–H and O–H groups in total. The number of carbonyl (C=O) groups excluding carboxylic acids is 1. The first-order valence-corrected chi connectivity index (χ1v) is 12.8. The minimum absolute atomic E-state index is 0.0479. The van der Waals surface area contributed by atoms with Crippen molar-refractivity contribution in [2.24, 2.45) is 0 Å². The molecule has 1 saturated heterocycles. The number of halogens is 3. The zero-order valence-electron chi connectivity index (χ0n) is 21.1. The highest BCUT2D eigenvalue weighted by Crippen LogP contribution is 2.45. The maximum absolute atomic E-state index is 14.1. The van der Waals surface area contributed by atoms with Gasteiger partial charge < -0.3 is 15.0 Å². The Hall–Kier alpha value is -2.60. The van der Waals surface area contributed by atoms with Gasteiger partial charge in [0.15, 0.2) is 0 Å². The number of hydrogen-bond donors (Lipinski definition) is 1. The van der Waals surface area contributed by atoms with Crippen LogP contribution >= 0.6 is 23.2 Å². The molecular weight excluding hydrogens is 498 g/mol. The van der Waals surface area contributed by atoms with Gasteiger partial charge in [0.2, 0.25) is 5.91 Å². The van der Waals surface area contributed by atoms with E-state index in [0.29, 0.717) is 16.3 Å². The number of carbonyl (C=O) groups is 1. The summed E-state index contributed by atoms with van der Waals surface area (Å²) in [5.41, 5.74) is 4.52. The van der Waals surface area contributed by atoms with E-state index in [-0.39, 0.29) is 10.9 Å². The minimum atomic E-state index is -0.587. The lowest BCUT2D eigenvalue weighted by Gasteiger charge is -2.36. The predicted molar refractivity (Wildman–Crippen MR) is 146 cm³/mol. The molecule has 1 amide bonds. The molecule has 0 bridgehead atoms. The first-order valence-electron chi connectivity index (χ1n) is 12.0. The number of benzene rings is 2. The van der Waals surface area contributed by atoms with Crippen LogP contribution in [0.4, 0.5) is 10.1 Å². The molecule has 2 aliphatic rings. The molecule has 0 unspecified atom stereocenters. The highest BCUT2D eigenvalue weighted by molar-refractivity contribution is 6.36. The maximum atomic E-state index is 14.1. The largest absolute Gasteiger partial charge is 0.486 e. The number of amides is 1. The van der Waals surface area contributed by atoms with Crippen LogP contribution in [-0.4, -0.2) is 30.9 Å². The van der Waals surface area contributed by atoms with Gasteiger partial charge >= 0.3 is 0 Å². The molecular formula is C29H31Cl2FN2O2. The van der Waals surface area contributed by atoms with Crippen LogP contribution in [0.3, 0.4) is 0 Å². The average Bonchev–Trinajstić information content (AvgIpc) is 3.11. The van der Waals surface area contributed by atoms with Crippen molar-refractivity contribution in [3.8, 4) is 0 Å². The van der Waals surface area contributed by atoms with Crippen LogP contribution in [0.2, 0.25) is 10.0 Å². The Balaban J connectivity index is 1.65. The molecule has 2 aromatic carbocycles. The van der Waals surface area contributed by atoms with Gasteiger partial charge in [-0.25, -0.2) is 4.39 Å². The van der Waals surface area contributed by atoms with E-state index in [1.807, 2.05) is 32.1 Å². The molecule has 190 valence electrons. The van der Waals surface area contributed by atoms with Crippen LogP contribution in [0.25, 0.3) is 5.57 Å². The summed E-state index contributed by atoms with van der Waals surface area (Å²) in [6, 6.07) is 8.80. The van der Waals surface area contributed by atoms with Gasteiger partial charge in [-0.3, -0.25) is 4.79 Å². The molecule has 36 heavy (non-hydrogen) atoms. The standard InChI is InChI=1S/C29H31Cl2FN2O2/c1-6-19(16-25(17(2)3)36-18(4)26-22(30)9-10-23(32)27(26)31)20-7-8-21-24(15-20)33-28(35)29(21)11-13-34(5)14-12-29/h6-10,15-16,18H,1,11-14H2,2-5H3,(H,33,35)/b19-16+/t18-/m1/s1. The molecule has 0 aromatic heterocycles. The van der Waals surface area contributed by atoms with Gasteiger partial charge in [0.1, 0.15) is 17.7 Å². The quantitative estimate of drug-likeness (QED) is 0.237. The molecule has 0 saturated carbocycles. The van der Waals surface area contributed by atoms with Crippen molar-refractivity contribution in [2.45, 2.75) is 45.1 Å². The molecule has 0 radical (unpaired) electrons. The van der Waals surface area contributed by atoms with Crippen LogP contribution in [-0.2, 0) is 14.9 Å². The van der Waals surface area contributed by atoms with Crippen molar-refractivity contribution in [1.29, 1.82) is 0 Å². The summed E-state index contributed by atoms with van der Waals surface area (Å²) in [6.45, 7) is 11.4. The molecule has 2 aromatic rings. The Morgan fingerprint density at radius 2 is 1.92 bits per heavy atom. The summed E-state index contributed by atoms with van der Waals surface area (Å²) in [7, 11) is 2.09. The second-order valence-corrected chi connectivity index (χ2v) is 10.6. The van der Waals surface area contributed by atoms with Gasteiger partial charge in [-0.05, 0) is 100 Å². The zero-order valence-corrected chi connectivity index (χ0v) is 22.6. The van der Waals surface area contributed by atoms with Gasteiger partial charge in [-0.1, -0.05) is 48.0 Å². The first kappa shape index (κ1) is 26.5. The highest BCUT2D eigenvalue weighted by atomic mass is 35.5. The molecule has 2 aliphatic heterocycles. The fourth-order valence-corrected chi connectivity index (χ4v) is 5.65.